The fourth-order valence-corrected chi connectivity index (χ4v) is 4.92. The van der Waals surface area contributed by atoms with Crippen LogP contribution in [0.15, 0.2) is 59.1 Å². The molecule has 0 fully saturated rings. The van der Waals surface area contributed by atoms with Crippen LogP contribution in [0.3, 0.4) is 0 Å². The topological polar surface area (TPSA) is 132 Å². The van der Waals surface area contributed by atoms with Gasteiger partial charge in [-0.1, -0.05) is 6.07 Å². The summed E-state index contributed by atoms with van der Waals surface area (Å²) in [6, 6.07) is 12.1. The summed E-state index contributed by atoms with van der Waals surface area (Å²) in [5.41, 5.74) is 9.69. The first-order chi connectivity index (χ1) is 17.3. The van der Waals surface area contributed by atoms with Gasteiger partial charge in [-0.25, -0.2) is 0 Å². The van der Waals surface area contributed by atoms with Gasteiger partial charge in [0.15, 0.2) is 5.78 Å². The number of Topliss-reactive ketones (excluding diaryl/α,β-unsaturated/α-hetero) is 1. The number of carbonyl (C=O) groups excluding carboxylic acids is 1. The molecule has 2 aliphatic rings. The van der Waals surface area contributed by atoms with Gasteiger partial charge in [0.05, 0.1) is 41.4 Å². The minimum absolute atomic E-state index is 0.0844. The summed E-state index contributed by atoms with van der Waals surface area (Å²) in [5.74, 6) is 0.448. The molecule has 0 saturated carbocycles. The number of anilines is 1. The first kappa shape index (κ1) is 24.8. The van der Waals surface area contributed by atoms with Crippen LogP contribution >= 0.6 is 0 Å². The number of hydrogen-bond donors (Lipinski definition) is 1. The van der Waals surface area contributed by atoms with Crippen LogP contribution in [0.4, 0.5) is 11.4 Å². The number of nitrogens with zero attached hydrogens (tertiary/aromatic N) is 3. The lowest BCUT2D eigenvalue weighted by Crippen LogP contribution is -2.39. The third-order valence-corrected chi connectivity index (χ3v) is 6.46. The van der Waals surface area contributed by atoms with E-state index >= 15 is 0 Å². The Kier molecular flexibility index (Phi) is 6.97. The fraction of sp³-hybridized carbons (Fsp3) is 0.333. The second-order valence-electron chi connectivity index (χ2n) is 8.61. The molecule has 2 aromatic carbocycles. The molecule has 0 radical (unpaired) electrons. The van der Waals surface area contributed by atoms with E-state index in [1.807, 2.05) is 20.8 Å². The molecule has 1 heterocycles. The van der Waals surface area contributed by atoms with Crippen LogP contribution in [0.5, 0.6) is 11.5 Å². The van der Waals surface area contributed by atoms with Crippen LogP contribution in [0, 0.1) is 28.4 Å². The van der Waals surface area contributed by atoms with Crippen LogP contribution in [-0.4, -0.2) is 23.9 Å². The average molecular weight is 489 g/mol. The van der Waals surface area contributed by atoms with Crippen LogP contribution in [0.2, 0.25) is 0 Å². The summed E-state index contributed by atoms with van der Waals surface area (Å²) < 4.78 is 11.6. The van der Waals surface area contributed by atoms with E-state index in [0.717, 1.165) is 5.56 Å². The van der Waals surface area contributed by atoms with E-state index in [0.29, 0.717) is 66.5 Å². The molecule has 1 aliphatic carbocycles. The van der Waals surface area contributed by atoms with Crippen molar-refractivity contribution in [1.29, 1.82) is 5.26 Å². The molecule has 9 nitrogen and oxygen atoms in total. The van der Waals surface area contributed by atoms with E-state index < -0.39 is 10.8 Å². The first-order valence-corrected chi connectivity index (χ1v) is 11.9. The molecule has 9 heteroatoms. The van der Waals surface area contributed by atoms with Gasteiger partial charge in [0.2, 0.25) is 0 Å². The zero-order valence-electron chi connectivity index (χ0n) is 20.5. The zero-order chi connectivity index (χ0) is 26.0. The summed E-state index contributed by atoms with van der Waals surface area (Å²) in [7, 11) is 0. The van der Waals surface area contributed by atoms with Crippen LogP contribution < -0.4 is 20.1 Å². The molecule has 36 heavy (non-hydrogen) atoms. The van der Waals surface area contributed by atoms with Crippen molar-refractivity contribution in [2.24, 2.45) is 5.73 Å². The molecule has 2 aromatic rings. The first-order valence-electron chi connectivity index (χ1n) is 11.9. The third-order valence-electron chi connectivity index (χ3n) is 6.46. The van der Waals surface area contributed by atoms with E-state index in [2.05, 4.69) is 6.07 Å². The Hall–Kier alpha value is -4.32. The second kappa shape index (κ2) is 10.1. The van der Waals surface area contributed by atoms with E-state index in [4.69, 9.17) is 15.2 Å². The molecule has 0 unspecified atom stereocenters. The number of nitro groups is 1. The Morgan fingerprint density at radius 2 is 1.92 bits per heavy atom. The van der Waals surface area contributed by atoms with Crippen LogP contribution in [-0.2, 0) is 4.79 Å². The molecule has 0 saturated heterocycles. The summed E-state index contributed by atoms with van der Waals surface area (Å²) >= 11 is 0. The van der Waals surface area contributed by atoms with Crippen molar-refractivity contribution in [1.82, 2.24) is 0 Å². The van der Waals surface area contributed by atoms with E-state index in [1.54, 1.807) is 29.2 Å². The molecule has 2 N–H and O–H groups in total. The minimum atomic E-state index is -0.741. The maximum absolute atomic E-state index is 13.5. The quantitative estimate of drug-likeness (QED) is 0.425. The normalized spacial score (nSPS) is 17.6. The second-order valence-corrected chi connectivity index (χ2v) is 8.61. The molecule has 1 atom stereocenters. The number of benzene rings is 2. The Labute approximate surface area is 209 Å². The third kappa shape index (κ3) is 4.26. The smallest absolute Gasteiger partial charge is 0.271 e. The Balaban J connectivity index is 2.01. The molecule has 4 rings (SSSR count). The van der Waals surface area contributed by atoms with Crippen molar-refractivity contribution in [2.45, 2.75) is 46.0 Å². The van der Waals surface area contributed by atoms with E-state index in [-0.39, 0.29) is 22.9 Å². The number of non-ortho nitro benzene ring substituents is 1. The van der Waals surface area contributed by atoms with Crippen molar-refractivity contribution in [2.75, 3.05) is 18.1 Å². The lowest BCUT2D eigenvalue weighted by molar-refractivity contribution is -0.384. The number of nitro benzene ring substituents is 1. The van der Waals surface area contributed by atoms with Crippen LogP contribution in [0.25, 0.3) is 0 Å². The molecule has 1 aliphatic heterocycles. The number of rotatable bonds is 7. The lowest BCUT2D eigenvalue weighted by atomic mass is 9.75. The number of ketones is 1. The van der Waals surface area contributed by atoms with Crippen LogP contribution in [0.1, 0.15) is 50.2 Å². The van der Waals surface area contributed by atoms with E-state index in [9.17, 15) is 20.2 Å². The highest BCUT2D eigenvalue weighted by Gasteiger charge is 2.42. The SMILES string of the molecule is CCOc1ccc(OCC)c([C@@H]2C(C#N)=C(N)N(c3cc([N+](=O)[O-])ccc3C)C3=C2C(=O)CCC3)c1. The minimum Gasteiger partial charge on any atom is -0.494 e. The van der Waals surface area contributed by atoms with Crippen molar-refractivity contribution < 1.29 is 19.2 Å². The molecular weight excluding hydrogens is 460 g/mol. The van der Waals surface area contributed by atoms with Crippen molar-refractivity contribution in [3.05, 3.63) is 80.3 Å². The Bertz CT molecular complexity index is 1340. The van der Waals surface area contributed by atoms with Gasteiger partial charge in [-0.3, -0.25) is 19.8 Å². The Morgan fingerprint density at radius 1 is 1.17 bits per heavy atom. The molecule has 0 spiro atoms. The van der Waals surface area contributed by atoms with Gasteiger partial charge >= 0.3 is 0 Å². The number of hydrogen-bond acceptors (Lipinski definition) is 8. The van der Waals surface area contributed by atoms with Crippen molar-refractivity contribution >= 4 is 17.2 Å². The molecule has 0 amide bonds. The Morgan fingerprint density at radius 3 is 2.58 bits per heavy atom. The van der Waals surface area contributed by atoms with Gasteiger partial charge in [0.25, 0.3) is 5.69 Å². The number of ether oxygens (including phenoxy) is 2. The molecular formula is C27H28N4O5. The number of nitriles is 1. The monoisotopic (exact) mass is 488 g/mol. The van der Waals surface area contributed by atoms with Gasteiger partial charge in [-0.2, -0.15) is 5.26 Å². The summed E-state index contributed by atoms with van der Waals surface area (Å²) in [6.07, 6.45) is 1.49. The maximum Gasteiger partial charge on any atom is 0.271 e. The molecule has 0 bridgehead atoms. The number of nitrogens with two attached hydrogens (primary N) is 1. The summed E-state index contributed by atoms with van der Waals surface area (Å²) in [4.78, 5) is 26.1. The van der Waals surface area contributed by atoms with Gasteiger partial charge in [0.1, 0.15) is 17.3 Å². The number of allylic oxidation sites excluding steroid dienone is 3. The largest absolute Gasteiger partial charge is 0.494 e. The lowest BCUT2D eigenvalue weighted by Gasteiger charge is -2.40. The molecule has 186 valence electrons. The standard InChI is InChI=1S/C27H28N4O5/c1-4-35-18-11-12-24(36-5-2)19(14-18)25-20(15-28)27(29)30(21-7-6-8-23(32)26(21)25)22-13-17(31(33)34)10-9-16(22)3/h9-14,25H,4-8,29H2,1-3H3/t25-/m1/s1. The summed E-state index contributed by atoms with van der Waals surface area (Å²) in [6.45, 7) is 6.40. The average Bonchev–Trinajstić information content (AvgIpc) is 2.85. The summed E-state index contributed by atoms with van der Waals surface area (Å²) in [5, 5.41) is 21.8. The van der Waals surface area contributed by atoms with E-state index in [1.165, 1.54) is 12.1 Å². The zero-order valence-corrected chi connectivity index (χ0v) is 20.5. The number of aryl methyl sites for hydroxylation is 1. The van der Waals surface area contributed by atoms with Gasteiger partial charge < -0.3 is 15.2 Å². The van der Waals surface area contributed by atoms with Gasteiger partial charge in [0, 0.05) is 35.4 Å². The predicted molar refractivity (Wildman–Crippen MR) is 135 cm³/mol. The highest BCUT2D eigenvalue weighted by atomic mass is 16.6. The predicted octanol–water partition coefficient (Wildman–Crippen LogP) is 5.01. The molecule has 0 aromatic heterocycles. The highest BCUT2D eigenvalue weighted by molar-refractivity contribution is 6.01. The van der Waals surface area contributed by atoms with Crippen molar-refractivity contribution in [3.63, 3.8) is 0 Å². The fourth-order valence-electron chi connectivity index (χ4n) is 4.92. The maximum atomic E-state index is 13.5. The van der Waals surface area contributed by atoms with Gasteiger partial charge in [-0.05, 0) is 57.4 Å². The number of carbonyl (C=O) groups is 1. The van der Waals surface area contributed by atoms with Gasteiger partial charge in [-0.15, -0.1) is 0 Å². The highest BCUT2D eigenvalue weighted by Crippen LogP contribution is 2.49. The van der Waals surface area contributed by atoms with Crippen molar-refractivity contribution in [3.8, 4) is 17.6 Å².